The van der Waals surface area contributed by atoms with Crippen molar-refractivity contribution in [1.82, 2.24) is 0 Å². The smallest absolute Gasteiger partial charge is 0.155 e. The van der Waals surface area contributed by atoms with E-state index in [2.05, 4.69) is 27.4 Å². The highest BCUT2D eigenvalue weighted by Crippen LogP contribution is 2.55. The van der Waals surface area contributed by atoms with Gasteiger partial charge in [-0.3, -0.25) is 4.79 Å². The van der Waals surface area contributed by atoms with Gasteiger partial charge in [0.2, 0.25) is 0 Å². The zero-order chi connectivity index (χ0) is 11.9. The highest BCUT2D eigenvalue weighted by Gasteiger charge is 2.46. The largest absolute Gasteiger partial charge is 0.295 e. The van der Waals surface area contributed by atoms with Crippen LogP contribution in [0.15, 0.2) is 23.8 Å². The summed E-state index contributed by atoms with van der Waals surface area (Å²) in [5.41, 5.74) is 2.94. The molecule has 1 spiro atoms. The van der Waals surface area contributed by atoms with E-state index in [-0.39, 0.29) is 0 Å². The Balaban J connectivity index is 2.29. The molecule has 0 aliphatic heterocycles. The molecule has 1 saturated carbocycles. The summed E-state index contributed by atoms with van der Waals surface area (Å²) in [6, 6.07) is 0. The number of carbonyl (C=O) groups is 1. The van der Waals surface area contributed by atoms with Crippen molar-refractivity contribution in [3.8, 4) is 0 Å². The fourth-order valence-corrected chi connectivity index (χ4v) is 3.63. The molecule has 2 unspecified atom stereocenters. The van der Waals surface area contributed by atoms with E-state index in [1.807, 2.05) is 6.08 Å². The molecule has 0 saturated heterocycles. The Hall–Kier alpha value is -0.850. The van der Waals surface area contributed by atoms with Crippen LogP contribution in [0.4, 0.5) is 0 Å². The maximum Gasteiger partial charge on any atom is 0.155 e. The van der Waals surface area contributed by atoms with Gasteiger partial charge >= 0.3 is 0 Å². The van der Waals surface area contributed by atoms with Crippen LogP contribution >= 0.6 is 0 Å². The molecule has 0 aromatic carbocycles. The number of hydrogen-bond acceptors (Lipinski definition) is 1. The van der Waals surface area contributed by atoms with Crippen LogP contribution in [-0.2, 0) is 4.79 Å². The van der Waals surface area contributed by atoms with Gasteiger partial charge in [0, 0.05) is 6.42 Å². The minimum Gasteiger partial charge on any atom is -0.295 e. The maximum absolute atomic E-state index is 11.5. The molecule has 0 aromatic heterocycles. The molecule has 1 fully saturated rings. The second kappa shape index (κ2) is 3.87. The van der Waals surface area contributed by atoms with Crippen molar-refractivity contribution in [3.63, 3.8) is 0 Å². The fourth-order valence-electron chi connectivity index (χ4n) is 3.63. The quantitative estimate of drug-likeness (QED) is 0.610. The predicted octanol–water partition coefficient (Wildman–Crippen LogP) is 3.90. The van der Waals surface area contributed by atoms with Gasteiger partial charge in [0.05, 0.1) is 0 Å². The Kier molecular flexibility index (Phi) is 2.81. The summed E-state index contributed by atoms with van der Waals surface area (Å²) in [6.45, 7) is 10.6. The van der Waals surface area contributed by atoms with Gasteiger partial charge in [-0.05, 0) is 56.4 Å². The van der Waals surface area contributed by atoms with Crippen LogP contribution < -0.4 is 0 Å². The van der Waals surface area contributed by atoms with Gasteiger partial charge in [-0.1, -0.05) is 24.6 Å². The highest BCUT2D eigenvalue weighted by atomic mass is 16.1. The zero-order valence-corrected chi connectivity index (χ0v) is 10.7. The molecule has 0 amide bonds. The Morgan fingerprint density at radius 3 is 2.75 bits per heavy atom. The molecular formula is C15H22O. The lowest BCUT2D eigenvalue weighted by atomic mass is 9.64. The van der Waals surface area contributed by atoms with E-state index in [0.717, 1.165) is 6.42 Å². The molecule has 16 heavy (non-hydrogen) atoms. The van der Waals surface area contributed by atoms with Gasteiger partial charge in [-0.15, -0.1) is 0 Å². The average Bonchev–Trinajstić information content (AvgIpc) is 2.60. The Bertz CT molecular complexity index is 364. The summed E-state index contributed by atoms with van der Waals surface area (Å²) in [6.07, 6.45) is 6.32. The molecule has 2 rings (SSSR count). The third kappa shape index (κ3) is 1.66. The summed E-state index contributed by atoms with van der Waals surface area (Å²) in [4.78, 5) is 11.5. The Labute approximate surface area is 98.6 Å². The van der Waals surface area contributed by atoms with Gasteiger partial charge < -0.3 is 0 Å². The van der Waals surface area contributed by atoms with Gasteiger partial charge in [0.25, 0.3) is 0 Å². The minimum absolute atomic E-state index is 0.303. The predicted molar refractivity (Wildman–Crippen MR) is 67.1 cm³/mol. The zero-order valence-electron chi connectivity index (χ0n) is 10.7. The van der Waals surface area contributed by atoms with Crippen LogP contribution in [0.3, 0.4) is 0 Å². The van der Waals surface area contributed by atoms with E-state index in [9.17, 15) is 4.79 Å². The number of hydrogen-bond donors (Lipinski definition) is 0. The number of rotatable bonds is 1. The van der Waals surface area contributed by atoms with Crippen molar-refractivity contribution in [1.29, 1.82) is 0 Å². The van der Waals surface area contributed by atoms with Crippen molar-refractivity contribution < 1.29 is 4.79 Å². The first-order chi connectivity index (χ1) is 7.45. The van der Waals surface area contributed by atoms with Crippen LogP contribution in [0.5, 0.6) is 0 Å². The van der Waals surface area contributed by atoms with Gasteiger partial charge in [-0.2, -0.15) is 0 Å². The highest BCUT2D eigenvalue weighted by molar-refractivity contribution is 5.91. The molecule has 3 atom stereocenters. The second-order valence-corrected chi connectivity index (χ2v) is 5.84. The molecule has 2 aliphatic carbocycles. The standard InChI is InChI=1S/C15H22O/c1-10(2)13-5-6-15(9-13)11(3)7-14(16)8-12(15)4/h7,12-13H,1,5-6,8-9H2,2-4H3/t12-,13?,15?/m1/s1. The van der Waals surface area contributed by atoms with Crippen molar-refractivity contribution >= 4 is 5.78 Å². The second-order valence-electron chi connectivity index (χ2n) is 5.84. The van der Waals surface area contributed by atoms with E-state index in [0.29, 0.717) is 23.0 Å². The molecule has 0 N–H and O–H groups in total. The lowest BCUT2D eigenvalue weighted by Gasteiger charge is -2.39. The van der Waals surface area contributed by atoms with Crippen molar-refractivity contribution in [2.45, 2.75) is 46.5 Å². The normalized spacial score (nSPS) is 38.9. The van der Waals surface area contributed by atoms with Gasteiger partial charge in [-0.25, -0.2) is 0 Å². The van der Waals surface area contributed by atoms with E-state index < -0.39 is 0 Å². The van der Waals surface area contributed by atoms with Crippen LogP contribution in [0, 0.1) is 17.3 Å². The number of allylic oxidation sites excluding steroid dienone is 3. The monoisotopic (exact) mass is 218 g/mol. The van der Waals surface area contributed by atoms with E-state index in [4.69, 9.17) is 0 Å². The van der Waals surface area contributed by atoms with Crippen LogP contribution in [0.25, 0.3) is 0 Å². The summed E-state index contributed by atoms with van der Waals surface area (Å²) < 4.78 is 0. The molecule has 1 nitrogen and oxygen atoms in total. The fraction of sp³-hybridized carbons (Fsp3) is 0.667. The molecular weight excluding hydrogens is 196 g/mol. The Morgan fingerprint density at radius 1 is 1.56 bits per heavy atom. The summed E-state index contributed by atoms with van der Waals surface area (Å²) in [5.74, 6) is 1.49. The molecule has 1 heteroatoms. The first-order valence-electron chi connectivity index (χ1n) is 6.33. The number of carbonyl (C=O) groups excluding carboxylic acids is 1. The first kappa shape index (κ1) is 11.6. The average molecular weight is 218 g/mol. The topological polar surface area (TPSA) is 17.1 Å². The third-order valence-corrected chi connectivity index (χ3v) is 4.86. The molecule has 0 aromatic rings. The van der Waals surface area contributed by atoms with Crippen molar-refractivity contribution in [3.05, 3.63) is 23.8 Å². The lowest BCUT2D eigenvalue weighted by molar-refractivity contribution is -0.117. The van der Waals surface area contributed by atoms with E-state index in [1.165, 1.54) is 30.4 Å². The van der Waals surface area contributed by atoms with Crippen LogP contribution in [0.1, 0.15) is 46.5 Å². The van der Waals surface area contributed by atoms with Crippen LogP contribution in [-0.4, -0.2) is 5.78 Å². The summed E-state index contributed by atoms with van der Waals surface area (Å²) >= 11 is 0. The lowest BCUT2D eigenvalue weighted by Crippen LogP contribution is -2.33. The number of ketones is 1. The SMILES string of the molecule is C=C(C)C1CCC2(C1)C(C)=CC(=O)C[C@H]2C. The maximum atomic E-state index is 11.5. The molecule has 0 bridgehead atoms. The van der Waals surface area contributed by atoms with Gasteiger partial charge in [0.15, 0.2) is 5.78 Å². The van der Waals surface area contributed by atoms with Crippen LogP contribution in [0.2, 0.25) is 0 Å². The van der Waals surface area contributed by atoms with E-state index in [1.54, 1.807) is 0 Å². The van der Waals surface area contributed by atoms with Gasteiger partial charge in [0.1, 0.15) is 0 Å². The summed E-state index contributed by atoms with van der Waals surface area (Å²) in [5, 5.41) is 0. The van der Waals surface area contributed by atoms with Crippen molar-refractivity contribution in [2.75, 3.05) is 0 Å². The van der Waals surface area contributed by atoms with Crippen molar-refractivity contribution in [2.24, 2.45) is 17.3 Å². The molecule has 88 valence electrons. The first-order valence-corrected chi connectivity index (χ1v) is 6.33. The molecule has 2 aliphatic rings. The Morgan fingerprint density at radius 2 is 2.25 bits per heavy atom. The third-order valence-electron chi connectivity index (χ3n) is 4.86. The molecule has 0 radical (unpaired) electrons. The summed E-state index contributed by atoms with van der Waals surface area (Å²) in [7, 11) is 0. The van der Waals surface area contributed by atoms with E-state index >= 15 is 0 Å². The minimum atomic E-state index is 0.303. The molecule has 0 heterocycles.